The zero-order valence-electron chi connectivity index (χ0n) is 10.1. The van der Waals surface area contributed by atoms with Crippen LogP contribution in [0.25, 0.3) is 11.5 Å². The van der Waals surface area contributed by atoms with Crippen LogP contribution in [-0.2, 0) is 0 Å². The van der Waals surface area contributed by atoms with Gasteiger partial charge in [-0.1, -0.05) is 22.9 Å². The molecule has 6 heteroatoms. The summed E-state index contributed by atoms with van der Waals surface area (Å²) in [7, 11) is 1.82. The summed E-state index contributed by atoms with van der Waals surface area (Å²) in [6.45, 7) is 2.01. The molecule has 1 aromatic carbocycles. The first-order chi connectivity index (χ1) is 8.65. The van der Waals surface area contributed by atoms with Crippen molar-refractivity contribution in [2.45, 2.75) is 19.4 Å². The molecule has 1 aromatic heterocycles. The van der Waals surface area contributed by atoms with Crippen LogP contribution < -0.4 is 5.32 Å². The minimum absolute atomic E-state index is 0.00948. The first-order valence-electron chi connectivity index (χ1n) is 5.61. The van der Waals surface area contributed by atoms with Crippen molar-refractivity contribution >= 4 is 15.9 Å². The molecular formula is C12H13BrFN3O. The zero-order valence-corrected chi connectivity index (χ0v) is 11.7. The van der Waals surface area contributed by atoms with Gasteiger partial charge in [-0.25, -0.2) is 4.39 Å². The predicted octanol–water partition coefficient (Wildman–Crippen LogP) is 3.31. The first-order valence-corrected chi connectivity index (χ1v) is 6.41. The van der Waals surface area contributed by atoms with Crippen molar-refractivity contribution < 1.29 is 8.81 Å². The van der Waals surface area contributed by atoms with Gasteiger partial charge in [0.1, 0.15) is 5.82 Å². The molecule has 0 aliphatic rings. The normalized spacial score (nSPS) is 12.7. The Morgan fingerprint density at radius 1 is 1.44 bits per heavy atom. The Bertz CT molecular complexity index is 540. The van der Waals surface area contributed by atoms with Crippen LogP contribution in [0.1, 0.15) is 25.3 Å². The topological polar surface area (TPSA) is 51.0 Å². The lowest BCUT2D eigenvalue weighted by Gasteiger charge is -2.07. The Morgan fingerprint density at radius 3 is 2.83 bits per heavy atom. The number of nitrogens with one attached hydrogen (secondary N) is 1. The van der Waals surface area contributed by atoms with Gasteiger partial charge in [-0.2, -0.15) is 0 Å². The number of rotatable bonds is 4. The van der Waals surface area contributed by atoms with Gasteiger partial charge in [0, 0.05) is 4.47 Å². The Labute approximate surface area is 113 Å². The van der Waals surface area contributed by atoms with E-state index in [0.717, 1.165) is 6.42 Å². The van der Waals surface area contributed by atoms with Crippen LogP contribution in [0.3, 0.4) is 0 Å². The fourth-order valence-electron chi connectivity index (χ4n) is 1.65. The van der Waals surface area contributed by atoms with Crippen LogP contribution >= 0.6 is 15.9 Å². The molecule has 0 aliphatic heterocycles. The van der Waals surface area contributed by atoms with E-state index >= 15 is 0 Å². The molecule has 0 saturated heterocycles. The highest BCUT2D eigenvalue weighted by Gasteiger charge is 2.17. The standard InChI is InChI=1S/C12H13BrFN3O/c1-3-10(15-2)12-17-16-11(18-12)8-5-4-7(13)6-9(8)14/h4-6,10,15H,3H2,1-2H3. The Hall–Kier alpha value is -1.27. The second-order valence-corrected chi connectivity index (χ2v) is 4.73. The van der Waals surface area contributed by atoms with E-state index in [1.165, 1.54) is 6.07 Å². The lowest BCUT2D eigenvalue weighted by molar-refractivity contribution is 0.414. The van der Waals surface area contributed by atoms with Gasteiger partial charge in [0.25, 0.3) is 5.89 Å². The maximum atomic E-state index is 13.7. The summed E-state index contributed by atoms with van der Waals surface area (Å²) in [4.78, 5) is 0. The molecule has 0 amide bonds. The predicted molar refractivity (Wildman–Crippen MR) is 69.5 cm³/mol. The van der Waals surface area contributed by atoms with Crippen molar-refractivity contribution in [3.63, 3.8) is 0 Å². The van der Waals surface area contributed by atoms with Gasteiger partial charge in [0.05, 0.1) is 11.6 Å². The molecule has 1 atom stereocenters. The van der Waals surface area contributed by atoms with E-state index in [9.17, 15) is 4.39 Å². The number of nitrogens with zero attached hydrogens (tertiary/aromatic N) is 2. The molecule has 1 N–H and O–H groups in total. The lowest BCUT2D eigenvalue weighted by atomic mass is 10.2. The summed E-state index contributed by atoms with van der Waals surface area (Å²) in [6.07, 6.45) is 0.820. The summed E-state index contributed by atoms with van der Waals surface area (Å²) < 4.78 is 19.9. The van der Waals surface area contributed by atoms with Crippen molar-refractivity contribution in [1.82, 2.24) is 15.5 Å². The summed E-state index contributed by atoms with van der Waals surface area (Å²) in [6, 6.07) is 4.70. The van der Waals surface area contributed by atoms with Crippen molar-refractivity contribution in [3.05, 3.63) is 34.4 Å². The van der Waals surface area contributed by atoms with E-state index in [0.29, 0.717) is 15.9 Å². The van der Waals surface area contributed by atoms with Gasteiger partial charge in [-0.15, -0.1) is 10.2 Å². The second-order valence-electron chi connectivity index (χ2n) is 3.82. The number of aromatic nitrogens is 2. The minimum atomic E-state index is -0.392. The molecule has 96 valence electrons. The van der Waals surface area contributed by atoms with Gasteiger partial charge < -0.3 is 9.73 Å². The maximum absolute atomic E-state index is 13.7. The van der Waals surface area contributed by atoms with Crippen molar-refractivity contribution in [2.24, 2.45) is 0 Å². The molecule has 2 rings (SSSR count). The minimum Gasteiger partial charge on any atom is -0.419 e. The third-order valence-electron chi connectivity index (χ3n) is 2.66. The van der Waals surface area contributed by atoms with Crippen LogP contribution in [0.5, 0.6) is 0 Å². The average molecular weight is 314 g/mol. The third kappa shape index (κ3) is 2.59. The molecule has 2 aromatic rings. The molecule has 0 saturated carbocycles. The molecule has 18 heavy (non-hydrogen) atoms. The molecule has 0 spiro atoms. The summed E-state index contributed by atoms with van der Waals surface area (Å²) >= 11 is 3.20. The largest absolute Gasteiger partial charge is 0.419 e. The van der Waals surface area contributed by atoms with Gasteiger partial charge in [-0.3, -0.25) is 0 Å². The monoisotopic (exact) mass is 313 g/mol. The first kappa shape index (κ1) is 13.2. The quantitative estimate of drug-likeness (QED) is 0.941. The number of hydrogen-bond acceptors (Lipinski definition) is 4. The number of benzene rings is 1. The van der Waals surface area contributed by atoms with Crippen molar-refractivity contribution in [2.75, 3.05) is 7.05 Å². The number of hydrogen-bond donors (Lipinski definition) is 1. The average Bonchev–Trinajstić information content (AvgIpc) is 2.80. The smallest absolute Gasteiger partial charge is 0.250 e. The van der Waals surface area contributed by atoms with E-state index in [1.54, 1.807) is 12.1 Å². The molecule has 0 fully saturated rings. The Kier molecular flexibility index (Phi) is 4.08. The second kappa shape index (κ2) is 5.58. The molecule has 1 unspecified atom stereocenters. The summed E-state index contributed by atoms with van der Waals surface area (Å²) in [5.74, 6) is 0.276. The van der Waals surface area contributed by atoms with Crippen molar-refractivity contribution in [1.29, 1.82) is 0 Å². The van der Waals surface area contributed by atoms with Crippen molar-refractivity contribution in [3.8, 4) is 11.5 Å². The molecule has 0 bridgehead atoms. The van der Waals surface area contributed by atoms with E-state index in [1.807, 2.05) is 14.0 Å². The Morgan fingerprint density at radius 2 is 2.22 bits per heavy atom. The van der Waals surface area contributed by atoms with Gasteiger partial charge in [-0.05, 0) is 31.7 Å². The van der Waals surface area contributed by atoms with E-state index in [2.05, 4.69) is 31.4 Å². The summed E-state index contributed by atoms with van der Waals surface area (Å²) in [5.41, 5.74) is 0.308. The zero-order chi connectivity index (χ0) is 13.1. The van der Waals surface area contributed by atoms with Crippen LogP contribution in [0, 0.1) is 5.82 Å². The fourth-order valence-corrected chi connectivity index (χ4v) is 1.98. The van der Waals surface area contributed by atoms with Crippen LogP contribution in [0.2, 0.25) is 0 Å². The number of halogens is 2. The van der Waals surface area contributed by atoms with Crippen LogP contribution in [-0.4, -0.2) is 17.2 Å². The highest BCUT2D eigenvalue weighted by Crippen LogP contribution is 2.26. The van der Waals surface area contributed by atoms with Gasteiger partial charge in [0.15, 0.2) is 0 Å². The fraction of sp³-hybridized carbons (Fsp3) is 0.333. The molecule has 0 radical (unpaired) electrons. The molecule has 1 heterocycles. The highest BCUT2D eigenvalue weighted by atomic mass is 79.9. The van der Waals surface area contributed by atoms with Crippen LogP contribution in [0.4, 0.5) is 4.39 Å². The highest BCUT2D eigenvalue weighted by molar-refractivity contribution is 9.10. The van der Waals surface area contributed by atoms with E-state index in [-0.39, 0.29) is 11.9 Å². The maximum Gasteiger partial charge on any atom is 0.250 e. The van der Waals surface area contributed by atoms with Crippen LogP contribution in [0.15, 0.2) is 27.1 Å². The molecular weight excluding hydrogens is 301 g/mol. The molecule has 0 aliphatic carbocycles. The van der Waals surface area contributed by atoms with E-state index < -0.39 is 5.82 Å². The Balaban J connectivity index is 2.34. The third-order valence-corrected chi connectivity index (χ3v) is 3.15. The van der Waals surface area contributed by atoms with Gasteiger partial charge >= 0.3 is 0 Å². The van der Waals surface area contributed by atoms with E-state index in [4.69, 9.17) is 4.42 Å². The lowest BCUT2D eigenvalue weighted by Crippen LogP contribution is -2.15. The summed E-state index contributed by atoms with van der Waals surface area (Å²) in [5, 5.41) is 10.9. The molecule has 4 nitrogen and oxygen atoms in total. The van der Waals surface area contributed by atoms with Gasteiger partial charge in [0.2, 0.25) is 5.89 Å². The SMILES string of the molecule is CCC(NC)c1nnc(-c2ccc(Br)cc2F)o1.